The average molecular weight is 416 g/mol. The minimum absolute atomic E-state index is 0.458. The average Bonchev–Trinajstić information content (AvgIpc) is 2.65. The first-order valence-electron chi connectivity index (χ1n) is 9.24. The standard InChI is InChI=1S/C18H33NO6Si2/c1-19(2)10-7-12-26(6)24-15-16-14-17(8-9-18(16)25-26)23-11-13-27(20-3,21-4)22-5/h8-9,14H,7,10-13,15H2,1-6H3. The Kier molecular flexibility index (Phi) is 8.28. The summed E-state index contributed by atoms with van der Waals surface area (Å²) in [6.07, 6.45) is 1.08. The maximum atomic E-state index is 6.26. The minimum Gasteiger partial charge on any atom is -0.520 e. The van der Waals surface area contributed by atoms with Gasteiger partial charge in [-0.25, -0.2) is 0 Å². The van der Waals surface area contributed by atoms with Crippen LogP contribution >= 0.6 is 0 Å². The zero-order valence-electron chi connectivity index (χ0n) is 17.4. The molecule has 1 atom stereocenters. The Morgan fingerprint density at radius 2 is 1.85 bits per heavy atom. The largest absolute Gasteiger partial charge is 0.520 e. The van der Waals surface area contributed by atoms with Gasteiger partial charge >= 0.3 is 17.4 Å². The van der Waals surface area contributed by atoms with Crippen LogP contribution in [0.1, 0.15) is 12.0 Å². The van der Waals surface area contributed by atoms with Crippen LogP contribution in [-0.2, 0) is 24.3 Å². The Hall–Kier alpha value is -0.946. The Balaban J connectivity index is 1.91. The molecule has 0 saturated heterocycles. The van der Waals surface area contributed by atoms with Crippen molar-refractivity contribution in [2.75, 3.05) is 48.6 Å². The van der Waals surface area contributed by atoms with Crippen LogP contribution in [0.4, 0.5) is 0 Å². The predicted octanol–water partition coefficient (Wildman–Crippen LogP) is 2.88. The van der Waals surface area contributed by atoms with Crippen molar-refractivity contribution < 1.29 is 26.9 Å². The Bertz CT molecular complexity index is 591. The van der Waals surface area contributed by atoms with Gasteiger partial charge in [-0.3, -0.25) is 0 Å². The van der Waals surface area contributed by atoms with Crippen LogP contribution in [0.2, 0.25) is 18.6 Å². The second-order valence-electron chi connectivity index (χ2n) is 7.09. The maximum Gasteiger partial charge on any atom is 0.503 e. The first kappa shape index (κ1) is 22.3. The van der Waals surface area contributed by atoms with E-state index >= 15 is 0 Å². The number of hydrogen-bond acceptors (Lipinski definition) is 7. The van der Waals surface area contributed by atoms with Gasteiger partial charge in [0.25, 0.3) is 0 Å². The fraction of sp³-hybridized carbons (Fsp3) is 0.667. The third kappa shape index (κ3) is 6.28. The summed E-state index contributed by atoms with van der Waals surface area (Å²) in [5.74, 6) is 1.70. The van der Waals surface area contributed by atoms with E-state index in [1.807, 2.05) is 18.2 Å². The molecule has 1 aromatic rings. The van der Waals surface area contributed by atoms with Crippen molar-refractivity contribution in [3.05, 3.63) is 23.8 Å². The lowest BCUT2D eigenvalue weighted by Crippen LogP contribution is -2.45. The van der Waals surface area contributed by atoms with Gasteiger partial charge in [0.15, 0.2) is 0 Å². The summed E-state index contributed by atoms with van der Waals surface area (Å²) in [5, 5.41) is 0. The molecule has 1 aliphatic rings. The second-order valence-corrected chi connectivity index (χ2v) is 13.4. The molecule has 0 amide bonds. The molecule has 0 N–H and O–H groups in total. The molecule has 1 heterocycles. The molecule has 0 bridgehead atoms. The summed E-state index contributed by atoms with van der Waals surface area (Å²) in [5.41, 5.74) is 1.03. The van der Waals surface area contributed by atoms with E-state index < -0.39 is 17.4 Å². The quantitative estimate of drug-likeness (QED) is 0.515. The van der Waals surface area contributed by atoms with Gasteiger partial charge in [-0.05, 0) is 51.8 Å². The van der Waals surface area contributed by atoms with Crippen LogP contribution in [0.5, 0.6) is 11.5 Å². The molecule has 9 heteroatoms. The van der Waals surface area contributed by atoms with Gasteiger partial charge in [0.1, 0.15) is 11.5 Å². The Morgan fingerprint density at radius 3 is 2.48 bits per heavy atom. The number of benzene rings is 1. The number of hydrogen-bond donors (Lipinski definition) is 0. The number of nitrogens with zero attached hydrogens (tertiary/aromatic N) is 1. The molecule has 7 nitrogen and oxygen atoms in total. The van der Waals surface area contributed by atoms with E-state index in [-0.39, 0.29) is 0 Å². The fourth-order valence-corrected chi connectivity index (χ4v) is 6.74. The van der Waals surface area contributed by atoms with E-state index in [1.165, 1.54) is 0 Å². The highest BCUT2D eigenvalue weighted by atomic mass is 28.4. The highest BCUT2D eigenvalue weighted by Gasteiger charge is 2.38. The van der Waals surface area contributed by atoms with Crippen LogP contribution in [-0.4, -0.2) is 70.8 Å². The van der Waals surface area contributed by atoms with E-state index in [9.17, 15) is 0 Å². The van der Waals surface area contributed by atoms with Gasteiger partial charge in [-0.1, -0.05) is 0 Å². The van der Waals surface area contributed by atoms with Crippen molar-refractivity contribution in [2.45, 2.75) is 31.7 Å². The van der Waals surface area contributed by atoms with E-state index in [0.29, 0.717) is 19.3 Å². The zero-order chi connectivity index (χ0) is 19.9. The van der Waals surface area contributed by atoms with Crippen LogP contribution in [0.15, 0.2) is 18.2 Å². The summed E-state index contributed by atoms with van der Waals surface area (Å²) < 4.78 is 34.5. The molecule has 0 fully saturated rings. The Morgan fingerprint density at radius 1 is 1.15 bits per heavy atom. The first-order valence-corrected chi connectivity index (χ1v) is 13.7. The minimum atomic E-state index is -2.61. The highest BCUT2D eigenvalue weighted by molar-refractivity contribution is 6.67. The van der Waals surface area contributed by atoms with Gasteiger partial charge < -0.3 is 31.8 Å². The highest BCUT2D eigenvalue weighted by Crippen LogP contribution is 2.34. The number of fused-ring (bicyclic) bond motifs is 1. The summed E-state index contributed by atoms with van der Waals surface area (Å²) in [4.78, 5) is 2.19. The van der Waals surface area contributed by atoms with Crippen LogP contribution in [0.25, 0.3) is 0 Å². The topological polar surface area (TPSA) is 58.6 Å². The molecule has 0 spiro atoms. The SMILES string of the molecule is CO[Si](CCOc1ccc2c(c1)CO[Si](C)(CCCN(C)C)O2)(OC)OC. The van der Waals surface area contributed by atoms with Crippen molar-refractivity contribution in [1.29, 1.82) is 0 Å². The lowest BCUT2D eigenvalue weighted by atomic mass is 10.2. The molecular weight excluding hydrogens is 382 g/mol. The van der Waals surface area contributed by atoms with Crippen LogP contribution in [0, 0.1) is 0 Å². The monoisotopic (exact) mass is 415 g/mol. The molecule has 1 unspecified atom stereocenters. The van der Waals surface area contributed by atoms with Crippen LogP contribution in [0.3, 0.4) is 0 Å². The molecule has 154 valence electrons. The van der Waals surface area contributed by atoms with Gasteiger partial charge in [-0.2, -0.15) is 0 Å². The zero-order valence-corrected chi connectivity index (χ0v) is 19.4. The van der Waals surface area contributed by atoms with Crippen molar-refractivity contribution in [1.82, 2.24) is 4.90 Å². The maximum absolute atomic E-state index is 6.26. The van der Waals surface area contributed by atoms with E-state index in [0.717, 1.165) is 36.1 Å². The lowest BCUT2D eigenvalue weighted by Gasteiger charge is -2.33. The third-order valence-corrected chi connectivity index (χ3v) is 10.1. The van der Waals surface area contributed by atoms with E-state index in [2.05, 4.69) is 25.5 Å². The molecular formula is C18H33NO6Si2. The van der Waals surface area contributed by atoms with Crippen molar-refractivity contribution >= 4 is 17.4 Å². The molecule has 27 heavy (non-hydrogen) atoms. The number of ether oxygens (including phenoxy) is 1. The van der Waals surface area contributed by atoms with Crippen molar-refractivity contribution in [2.24, 2.45) is 0 Å². The van der Waals surface area contributed by atoms with Gasteiger partial charge in [0, 0.05) is 32.9 Å². The summed E-state index contributed by atoms with van der Waals surface area (Å²) in [7, 11) is 4.22. The molecule has 0 saturated carbocycles. The summed E-state index contributed by atoms with van der Waals surface area (Å²) >= 11 is 0. The summed E-state index contributed by atoms with van der Waals surface area (Å²) in [6, 6.07) is 7.48. The molecule has 2 rings (SSSR count). The fourth-order valence-electron chi connectivity index (χ4n) is 3.04. The van der Waals surface area contributed by atoms with Gasteiger partial charge in [0.05, 0.1) is 19.3 Å². The van der Waals surface area contributed by atoms with Crippen molar-refractivity contribution in [3.8, 4) is 11.5 Å². The molecule has 0 radical (unpaired) electrons. The predicted molar refractivity (Wildman–Crippen MR) is 109 cm³/mol. The van der Waals surface area contributed by atoms with E-state index in [1.54, 1.807) is 21.3 Å². The third-order valence-electron chi connectivity index (χ3n) is 4.74. The lowest BCUT2D eigenvalue weighted by molar-refractivity contribution is 0.117. The van der Waals surface area contributed by atoms with Crippen molar-refractivity contribution in [3.63, 3.8) is 0 Å². The van der Waals surface area contributed by atoms with Gasteiger partial charge in [-0.15, -0.1) is 0 Å². The first-order chi connectivity index (χ1) is 12.9. The molecule has 0 aliphatic carbocycles. The van der Waals surface area contributed by atoms with Gasteiger partial charge in [0.2, 0.25) is 0 Å². The Labute approximate surface area is 165 Å². The summed E-state index contributed by atoms with van der Waals surface area (Å²) in [6.45, 7) is 4.22. The number of rotatable bonds is 11. The normalized spacial score (nSPS) is 19.7. The van der Waals surface area contributed by atoms with E-state index in [4.69, 9.17) is 26.9 Å². The smallest absolute Gasteiger partial charge is 0.503 e. The second kappa shape index (κ2) is 10.0. The molecule has 0 aromatic heterocycles. The molecule has 1 aromatic carbocycles. The molecule has 1 aliphatic heterocycles. The van der Waals surface area contributed by atoms with Crippen LogP contribution < -0.4 is 9.16 Å².